The third-order valence-electron chi connectivity index (χ3n) is 4.00. The molecule has 1 aromatic heterocycles. The molecule has 0 saturated heterocycles. The largest absolute Gasteiger partial charge is 0.397 e. The minimum atomic E-state index is 0.352. The lowest BCUT2D eigenvalue weighted by molar-refractivity contribution is 0.315. The Balaban J connectivity index is 1.82. The molecule has 0 radical (unpaired) electrons. The minimum absolute atomic E-state index is 0.352. The lowest BCUT2D eigenvalue weighted by Gasteiger charge is -2.27. The fourth-order valence-corrected chi connectivity index (χ4v) is 3.67. The van der Waals surface area contributed by atoms with Crippen LogP contribution in [0.5, 0.6) is 0 Å². The van der Waals surface area contributed by atoms with Crippen molar-refractivity contribution in [1.82, 2.24) is 10.3 Å². The van der Waals surface area contributed by atoms with Gasteiger partial charge in [-0.2, -0.15) is 11.8 Å². The van der Waals surface area contributed by atoms with Gasteiger partial charge in [0.15, 0.2) is 11.0 Å². The molecule has 19 heavy (non-hydrogen) atoms. The first-order chi connectivity index (χ1) is 9.24. The molecule has 1 aromatic carbocycles. The maximum absolute atomic E-state index is 5.85. The van der Waals surface area contributed by atoms with Crippen LogP contribution in [0.4, 0.5) is 11.4 Å². The Bertz CT molecular complexity index is 577. The molecule has 1 saturated carbocycles. The van der Waals surface area contributed by atoms with E-state index in [-0.39, 0.29) is 0 Å². The number of aromatic nitrogens is 2. The first-order valence-electron chi connectivity index (χ1n) is 6.54. The summed E-state index contributed by atoms with van der Waals surface area (Å²) in [4.78, 5) is 0. The van der Waals surface area contributed by atoms with Gasteiger partial charge < -0.3 is 11.1 Å². The van der Waals surface area contributed by atoms with E-state index in [0.717, 1.165) is 12.2 Å². The Morgan fingerprint density at radius 1 is 1.32 bits per heavy atom. The number of thioether (sulfide) groups is 1. The predicted octanol–water partition coefficient (Wildman–Crippen LogP) is 2.89. The van der Waals surface area contributed by atoms with Gasteiger partial charge in [-0.25, -0.2) is 4.63 Å². The van der Waals surface area contributed by atoms with E-state index in [1.165, 1.54) is 25.7 Å². The van der Waals surface area contributed by atoms with Gasteiger partial charge in [-0.3, -0.25) is 0 Å². The number of anilines is 2. The second kappa shape index (κ2) is 4.92. The zero-order chi connectivity index (χ0) is 13.3. The molecule has 0 spiro atoms. The van der Waals surface area contributed by atoms with Crippen molar-refractivity contribution in [3.05, 3.63) is 12.1 Å². The van der Waals surface area contributed by atoms with Crippen LogP contribution in [0, 0.1) is 0 Å². The number of nitrogens with one attached hydrogen (secondary N) is 1. The van der Waals surface area contributed by atoms with Crippen molar-refractivity contribution < 1.29 is 4.63 Å². The van der Waals surface area contributed by atoms with Gasteiger partial charge in [-0.05, 0) is 41.5 Å². The number of benzene rings is 1. The van der Waals surface area contributed by atoms with Crippen molar-refractivity contribution in [3.8, 4) is 0 Å². The van der Waals surface area contributed by atoms with Crippen LogP contribution in [0.15, 0.2) is 16.8 Å². The Kier molecular flexibility index (Phi) is 3.26. The van der Waals surface area contributed by atoms with Gasteiger partial charge in [-0.15, -0.1) is 0 Å². The van der Waals surface area contributed by atoms with Crippen molar-refractivity contribution >= 4 is 34.2 Å². The van der Waals surface area contributed by atoms with Gasteiger partial charge >= 0.3 is 0 Å². The highest BCUT2D eigenvalue weighted by Crippen LogP contribution is 2.40. The van der Waals surface area contributed by atoms with Crippen molar-refractivity contribution in [2.45, 2.75) is 30.4 Å². The predicted molar refractivity (Wildman–Crippen MR) is 79.4 cm³/mol. The van der Waals surface area contributed by atoms with Crippen molar-refractivity contribution in [2.75, 3.05) is 23.9 Å². The van der Waals surface area contributed by atoms with Gasteiger partial charge in [-0.1, -0.05) is 12.8 Å². The molecule has 3 N–H and O–H groups in total. The SMILES string of the molecule is CSC1(CNc2ccc(N)c3nonc23)CCCC1. The molecule has 102 valence electrons. The van der Waals surface area contributed by atoms with Gasteiger partial charge in [0.1, 0.15) is 0 Å². The fraction of sp³-hybridized carbons (Fsp3) is 0.538. The number of hydrogen-bond donors (Lipinski definition) is 2. The average Bonchev–Trinajstić information content (AvgIpc) is 3.08. The Hall–Kier alpha value is -1.43. The summed E-state index contributed by atoms with van der Waals surface area (Å²) in [6.07, 6.45) is 7.40. The van der Waals surface area contributed by atoms with Crippen LogP contribution in [-0.4, -0.2) is 27.9 Å². The third kappa shape index (κ3) is 2.25. The quantitative estimate of drug-likeness (QED) is 0.837. The van der Waals surface area contributed by atoms with E-state index < -0.39 is 0 Å². The standard InChI is InChI=1S/C13H18N4OS/c1-19-13(6-2-3-7-13)8-15-10-5-4-9(14)11-12(10)17-18-16-11/h4-5,15H,2-3,6-8,14H2,1H3. The summed E-state index contributed by atoms with van der Waals surface area (Å²) < 4.78 is 5.14. The number of nitrogen functional groups attached to an aromatic ring is 1. The molecule has 0 amide bonds. The van der Waals surface area contributed by atoms with Gasteiger partial charge in [0, 0.05) is 11.3 Å². The van der Waals surface area contributed by atoms with Crippen LogP contribution in [0.3, 0.4) is 0 Å². The molecule has 6 heteroatoms. The number of fused-ring (bicyclic) bond motifs is 1. The second-order valence-electron chi connectivity index (χ2n) is 5.11. The van der Waals surface area contributed by atoms with Crippen LogP contribution in [0.1, 0.15) is 25.7 Å². The van der Waals surface area contributed by atoms with Crippen LogP contribution in [-0.2, 0) is 0 Å². The summed E-state index contributed by atoms with van der Waals surface area (Å²) in [7, 11) is 0. The highest BCUT2D eigenvalue weighted by molar-refractivity contribution is 8.00. The summed E-state index contributed by atoms with van der Waals surface area (Å²) in [5, 5.41) is 11.3. The fourth-order valence-electron chi connectivity index (χ4n) is 2.76. The van der Waals surface area contributed by atoms with Crippen LogP contribution in [0.25, 0.3) is 11.0 Å². The Morgan fingerprint density at radius 3 is 2.79 bits per heavy atom. The molecule has 1 fully saturated rings. The van der Waals surface area contributed by atoms with Crippen molar-refractivity contribution in [2.24, 2.45) is 0 Å². The minimum Gasteiger partial charge on any atom is -0.397 e. The second-order valence-corrected chi connectivity index (χ2v) is 6.39. The van der Waals surface area contributed by atoms with E-state index in [2.05, 4.69) is 21.9 Å². The summed E-state index contributed by atoms with van der Waals surface area (Å²) in [6, 6.07) is 3.79. The normalized spacial score (nSPS) is 17.9. The molecule has 0 atom stereocenters. The first kappa shape index (κ1) is 12.6. The van der Waals surface area contributed by atoms with Gasteiger partial charge in [0.2, 0.25) is 0 Å². The molecule has 2 aromatic rings. The van der Waals surface area contributed by atoms with Crippen molar-refractivity contribution in [3.63, 3.8) is 0 Å². The summed E-state index contributed by atoms with van der Waals surface area (Å²) in [5.74, 6) is 0. The maximum atomic E-state index is 5.85. The highest BCUT2D eigenvalue weighted by atomic mass is 32.2. The first-order valence-corrected chi connectivity index (χ1v) is 7.76. The number of hydrogen-bond acceptors (Lipinski definition) is 6. The molecule has 0 bridgehead atoms. The number of nitrogens with two attached hydrogens (primary N) is 1. The Morgan fingerprint density at radius 2 is 2.05 bits per heavy atom. The topological polar surface area (TPSA) is 77.0 Å². The van der Waals surface area contributed by atoms with E-state index >= 15 is 0 Å². The Labute approximate surface area is 116 Å². The maximum Gasteiger partial charge on any atom is 0.160 e. The summed E-state index contributed by atoms with van der Waals surface area (Å²) >= 11 is 1.96. The smallest absolute Gasteiger partial charge is 0.160 e. The van der Waals surface area contributed by atoms with E-state index in [4.69, 9.17) is 10.4 Å². The molecular formula is C13H18N4OS. The van der Waals surface area contributed by atoms with E-state index in [0.29, 0.717) is 21.5 Å². The van der Waals surface area contributed by atoms with Crippen LogP contribution >= 0.6 is 11.8 Å². The van der Waals surface area contributed by atoms with E-state index in [1.54, 1.807) is 0 Å². The zero-order valence-corrected chi connectivity index (χ0v) is 11.8. The van der Waals surface area contributed by atoms with Crippen LogP contribution in [0.2, 0.25) is 0 Å². The molecule has 3 rings (SSSR count). The van der Waals surface area contributed by atoms with Gasteiger partial charge in [0.05, 0.1) is 11.4 Å². The van der Waals surface area contributed by atoms with Crippen molar-refractivity contribution in [1.29, 1.82) is 0 Å². The lowest BCUT2D eigenvalue weighted by Crippen LogP contribution is -2.30. The number of rotatable bonds is 4. The molecule has 0 unspecified atom stereocenters. The zero-order valence-electron chi connectivity index (χ0n) is 11.0. The number of nitrogens with zero attached hydrogens (tertiary/aromatic N) is 2. The monoisotopic (exact) mass is 278 g/mol. The van der Waals surface area contributed by atoms with Gasteiger partial charge in [0.25, 0.3) is 0 Å². The molecule has 1 aliphatic rings. The molecule has 1 aliphatic carbocycles. The summed E-state index contributed by atoms with van der Waals surface area (Å²) in [6.45, 7) is 0.944. The molecular weight excluding hydrogens is 260 g/mol. The third-order valence-corrected chi connectivity index (χ3v) is 5.41. The average molecular weight is 278 g/mol. The van der Waals surface area contributed by atoms with Crippen LogP contribution < -0.4 is 11.1 Å². The van der Waals surface area contributed by atoms with E-state index in [9.17, 15) is 0 Å². The molecule has 1 heterocycles. The highest BCUT2D eigenvalue weighted by Gasteiger charge is 2.32. The summed E-state index contributed by atoms with van der Waals surface area (Å²) in [5.41, 5.74) is 8.75. The van der Waals surface area contributed by atoms with E-state index in [1.807, 2.05) is 23.9 Å². The molecule has 5 nitrogen and oxygen atoms in total. The molecule has 0 aliphatic heterocycles. The lowest BCUT2D eigenvalue weighted by atomic mass is 10.1.